The average molecular weight is 881 g/mol. The number of imide groups is 1. The third-order valence-electron chi connectivity index (χ3n) is 13.4. The van der Waals surface area contributed by atoms with E-state index >= 15 is 0 Å². The molecule has 0 radical (unpaired) electrons. The molecule has 2 aromatic rings. The van der Waals surface area contributed by atoms with Crippen molar-refractivity contribution in [2.45, 2.75) is 87.7 Å². The molecule has 6 aliphatic rings. The molecular formula is C47H64N10O5S. The number of piperazine rings is 1. The Morgan fingerprint density at radius 1 is 0.889 bits per heavy atom. The fourth-order valence-corrected chi connectivity index (χ4v) is 11.1. The molecule has 2 aromatic carbocycles. The number of nitrogens with zero attached hydrogens (tertiary/aromatic N) is 7. The Bertz CT molecular complexity index is 2080. The normalized spacial score (nSPS) is 23.1. The molecule has 4 saturated heterocycles. The molecule has 5 aliphatic heterocycles. The van der Waals surface area contributed by atoms with Gasteiger partial charge in [-0.05, 0) is 113 Å². The van der Waals surface area contributed by atoms with E-state index in [-0.39, 0.29) is 30.2 Å². The second-order valence-electron chi connectivity index (χ2n) is 17.3. The van der Waals surface area contributed by atoms with Crippen molar-refractivity contribution in [3.63, 3.8) is 0 Å². The molecular weight excluding hydrogens is 817 g/mol. The number of rotatable bonds is 14. The van der Waals surface area contributed by atoms with Gasteiger partial charge in [-0.25, -0.2) is 13.5 Å². The molecule has 0 spiro atoms. The number of benzene rings is 2. The highest BCUT2D eigenvalue weighted by Crippen LogP contribution is 2.33. The zero-order chi connectivity index (χ0) is 44.3. The Labute approximate surface area is 374 Å². The van der Waals surface area contributed by atoms with Crippen molar-refractivity contribution in [3.05, 3.63) is 77.1 Å². The number of nitrogens with one attached hydrogen (secondary N) is 2. The van der Waals surface area contributed by atoms with Gasteiger partial charge in [-0.1, -0.05) is 31.1 Å². The zero-order valence-corrected chi connectivity index (χ0v) is 37.5. The number of hydrogen-bond donors (Lipinski definition) is 3. The van der Waals surface area contributed by atoms with Crippen molar-refractivity contribution in [3.8, 4) is 0 Å². The Hall–Kier alpha value is -5.03. The summed E-state index contributed by atoms with van der Waals surface area (Å²) in [6, 6.07) is 13.8. The lowest BCUT2D eigenvalue weighted by atomic mass is 9.95. The molecule has 0 aromatic heterocycles. The highest BCUT2D eigenvalue weighted by atomic mass is 32.2. The SMILES string of the molecule is C=N/C(NC=O)=C(C=NC1CCN(S(=O)c2cccc(N3CCN(CC4CCN(c5ccc6c(c5)CN(C5CCC(=O)NC5=O)C6=O)CC4)CC3)c2)CC1)/C=C\C1CCCC1.CN. The van der Waals surface area contributed by atoms with E-state index in [1.807, 2.05) is 30.3 Å². The molecule has 338 valence electrons. The number of nitrogens with two attached hydrogens (primary N) is 1. The lowest BCUT2D eigenvalue weighted by Crippen LogP contribution is -2.52. The zero-order valence-electron chi connectivity index (χ0n) is 36.7. The fraction of sp³-hybridized carbons (Fsp3) is 0.532. The van der Waals surface area contributed by atoms with Gasteiger partial charge < -0.3 is 25.8 Å². The monoisotopic (exact) mass is 880 g/mol. The second kappa shape index (κ2) is 22.0. The van der Waals surface area contributed by atoms with Crippen molar-refractivity contribution in [2.75, 3.05) is 75.8 Å². The first-order valence-corrected chi connectivity index (χ1v) is 23.8. The highest BCUT2D eigenvalue weighted by molar-refractivity contribution is 7.82. The van der Waals surface area contributed by atoms with E-state index in [0.29, 0.717) is 55.7 Å². The number of fused-ring (bicyclic) bond motifs is 1. The summed E-state index contributed by atoms with van der Waals surface area (Å²) in [4.78, 5) is 67.3. The molecule has 5 heterocycles. The van der Waals surface area contributed by atoms with Gasteiger partial charge in [0.15, 0.2) is 0 Å². The first kappa shape index (κ1) is 46.0. The topological polar surface area (TPSA) is 176 Å². The summed E-state index contributed by atoms with van der Waals surface area (Å²) in [7, 11) is 0.242. The van der Waals surface area contributed by atoms with Crippen molar-refractivity contribution in [1.82, 2.24) is 24.7 Å². The Morgan fingerprint density at radius 3 is 2.30 bits per heavy atom. The maximum atomic E-state index is 13.8. The first-order valence-electron chi connectivity index (χ1n) is 22.7. The third-order valence-corrected chi connectivity index (χ3v) is 14.9. The van der Waals surface area contributed by atoms with Gasteiger partial charge >= 0.3 is 0 Å². The van der Waals surface area contributed by atoms with Crippen molar-refractivity contribution in [2.24, 2.45) is 27.6 Å². The van der Waals surface area contributed by atoms with Crippen LogP contribution in [0.5, 0.6) is 0 Å². The number of carbonyl (C=O) groups excluding carboxylic acids is 4. The summed E-state index contributed by atoms with van der Waals surface area (Å²) in [6.45, 7) is 12.3. The number of hydrogen-bond acceptors (Lipinski definition) is 11. The van der Waals surface area contributed by atoms with Crippen LogP contribution in [0.25, 0.3) is 0 Å². The summed E-state index contributed by atoms with van der Waals surface area (Å²) in [5, 5.41) is 5.04. The highest BCUT2D eigenvalue weighted by Gasteiger charge is 2.39. The largest absolute Gasteiger partial charge is 0.372 e. The molecule has 4 amide bonds. The maximum Gasteiger partial charge on any atom is 0.255 e. The van der Waals surface area contributed by atoms with Crippen molar-refractivity contribution < 1.29 is 23.4 Å². The Kier molecular flexibility index (Phi) is 16.1. The predicted molar refractivity (Wildman–Crippen MR) is 249 cm³/mol. The van der Waals surface area contributed by atoms with Gasteiger partial charge in [0, 0.05) is 101 Å². The van der Waals surface area contributed by atoms with Crippen LogP contribution in [0.1, 0.15) is 80.1 Å². The van der Waals surface area contributed by atoms with E-state index in [4.69, 9.17) is 4.99 Å². The summed E-state index contributed by atoms with van der Waals surface area (Å²) < 4.78 is 15.9. The average Bonchev–Trinajstić information content (AvgIpc) is 3.97. The third kappa shape index (κ3) is 11.4. The van der Waals surface area contributed by atoms with E-state index in [2.05, 4.69) is 71.4 Å². The molecule has 15 nitrogen and oxygen atoms in total. The molecule has 0 bridgehead atoms. The maximum absolute atomic E-state index is 13.8. The molecule has 8 rings (SSSR count). The van der Waals surface area contributed by atoms with Crippen molar-refractivity contribution in [1.29, 1.82) is 0 Å². The molecule has 1 saturated carbocycles. The Morgan fingerprint density at radius 2 is 1.60 bits per heavy atom. The van der Waals surface area contributed by atoms with E-state index < -0.39 is 17.0 Å². The smallest absolute Gasteiger partial charge is 0.255 e. The molecule has 5 fully saturated rings. The number of carbonyl (C=O) groups is 4. The summed E-state index contributed by atoms with van der Waals surface area (Å²) >= 11 is 0. The van der Waals surface area contributed by atoms with Gasteiger partial charge in [-0.3, -0.25) is 34.4 Å². The number of anilines is 2. The van der Waals surface area contributed by atoms with Crippen LogP contribution in [0, 0.1) is 11.8 Å². The van der Waals surface area contributed by atoms with Crippen LogP contribution in [0.4, 0.5) is 11.4 Å². The number of allylic oxidation sites excluding steroid dienone is 3. The van der Waals surface area contributed by atoms with Crippen LogP contribution >= 0.6 is 0 Å². The van der Waals surface area contributed by atoms with Gasteiger partial charge in [0.2, 0.25) is 18.2 Å². The summed E-state index contributed by atoms with van der Waals surface area (Å²) in [6.07, 6.45) is 15.9. The minimum Gasteiger partial charge on any atom is -0.372 e. The van der Waals surface area contributed by atoms with Gasteiger partial charge in [0.1, 0.15) is 22.8 Å². The Balaban J connectivity index is 0.00000293. The minimum atomic E-state index is -1.26. The molecule has 4 N–H and O–H groups in total. The van der Waals surface area contributed by atoms with Crippen LogP contribution in [0.3, 0.4) is 0 Å². The molecule has 16 heteroatoms. The lowest BCUT2D eigenvalue weighted by Gasteiger charge is -2.40. The fourth-order valence-electron chi connectivity index (χ4n) is 9.81. The number of amides is 4. The molecule has 2 unspecified atom stereocenters. The number of aliphatic imine (C=N–C) groups is 2. The van der Waals surface area contributed by atoms with Gasteiger partial charge in [0.05, 0.1) is 10.9 Å². The minimum absolute atomic E-state index is 0.0972. The van der Waals surface area contributed by atoms with Crippen LogP contribution in [-0.2, 0) is 31.9 Å². The molecule has 1 aliphatic carbocycles. The summed E-state index contributed by atoms with van der Waals surface area (Å²) in [5.41, 5.74) is 9.09. The predicted octanol–water partition coefficient (Wildman–Crippen LogP) is 4.02. The summed E-state index contributed by atoms with van der Waals surface area (Å²) in [5.74, 6) is 0.779. The van der Waals surface area contributed by atoms with Crippen LogP contribution < -0.4 is 26.2 Å². The van der Waals surface area contributed by atoms with E-state index in [1.54, 1.807) is 11.1 Å². The van der Waals surface area contributed by atoms with Gasteiger partial charge in [-0.15, -0.1) is 0 Å². The quantitative estimate of drug-likeness (QED) is 0.110. The van der Waals surface area contributed by atoms with E-state index in [0.717, 1.165) is 98.9 Å². The van der Waals surface area contributed by atoms with E-state index in [9.17, 15) is 23.4 Å². The molecule has 63 heavy (non-hydrogen) atoms. The van der Waals surface area contributed by atoms with Gasteiger partial charge in [-0.2, -0.15) is 0 Å². The second-order valence-corrected chi connectivity index (χ2v) is 18.8. The standard InChI is InChI=1S/C46H59N9O5S.CH5N/c1-47-44(49-32-56)35(10-9-33-5-2-3-6-33)29-48-37-17-21-54(22-18-37)61(60)40-8-4-7-38(28-40)53-25-23-51(24-26-53)30-34-15-19-52(20-16-34)39-11-12-41-36(27-39)31-55(46(41)59)42-13-14-43(57)50-45(42)58;1-2/h4,7-12,27-29,32-34,37,42H,1-3,5-6,13-26,30-31H2,(H,49,56)(H,50,57,58);2H2,1H3/b10-9-,44-35+,48-29?;. The lowest BCUT2D eigenvalue weighted by molar-refractivity contribution is -0.137. The van der Waals surface area contributed by atoms with Crippen LogP contribution in [0.15, 0.2) is 80.9 Å². The first-order chi connectivity index (χ1) is 30.8. The van der Waals surface area contributed by atoms with E-state index in [1.165, 1.54) is 32.7 Å². The van der Waals surface area contributed by atoms with Gasteiger partial charge in [0.25, 0.3) is 5.91 Å². The van der Waals surface area contributed by atoms with Crippen molar-refractivity contribution >= 4 is 59.4 Å². The van der Waals surface area contributed by atoms with Crippen LogP contribution in [0.2, 0.25) is 0 Å². The number of piperidine rings is 3. The molecule has 2 atom stereocenters. The van der Waals surface area contributed by atoms with Crippen LogP contribution in [-0.4, -0.2) is 133 Å².